The normalized spacial score (nSPS) is 14.1. The zero-order valence-electron chi connectivity index (χ0n) is 22.2. The van der Waals surface area contributed by atoms with E-state index in [-0.39, 0.29) is 11.5 Å². The number of unbranched alkanes of at least 4 members (excludes halogenated alkanes) is 2. The molecule has 1 fully saturated rings. The minimum atomic E-state index is -0.149. The van der Waals surface area contributed by atoms with E-state index in [1.54, 1.807) is 16.7 Å². The number of morpholine rings is 1. The van der Waals surface area contributed by atoms with Crippen molar-refractivity contribution in [3.05, 3.63) is 81.7 Å². The number of carbonyl (C=O) groups excluding carboxylic acids is 1. The minimum absolute atomic E-state index is 0.105. The molecule has 2 aromatic heterocycles. The number of benzene rings is 2. The van der Waals surface area contributed by atoms with E-state index in [0.717, 1.165) is 75.5 Å². The van der Waals surface area contributed by atoms with E-state index in [2.05, 4.69) is 21.7 Å². The number of carbonyl (C=O) groups is 1. The number of aryl methyl sites for hydroxylation is 1. The number of nitrogens with zero attached hydrogens (tertiary/aromatic N) is 4. The summed E-state index contributed by atoms with van der Waals surface area (Å²) < 4.78 is 9.09. The molecule has 0 radical (unpaired) electrons. The van der Waals surface area contributed by atoms with Gasteiger partial charge in [-0.15, -0.1) is 0 Å². The molecule has 204 valence electrons. The third kappa shape index (κ3) is 6.41. The Morgan fingerprint density at radius 2 is 1.72 bits per heavy atom. The Bertz CT molecular complexity index is 1470. The van der Waals surface area contributed by atoms with Crippen LogP contribution in [-0.2, 0) is 11.3 Å². The van der Waals surface area contributed by atoms with E-state index in [1.807, 2.05) is 48.5 Å². The monoisotopic (exact) mass is 547 g/mol. The van der Waals surface area contributed by atoms with Gasteiger partial charge in [0.1, 0.15) is 0 Å². The Kier molecular flexibility index (Phi) is 8.76. The van der Waals surface area contributed by atoms with Crippen molar-refractivity contribution in [3.8, 4) is 22.5 Å². The summed E-state index contributed by atoms with van der Waals surface area (Å²) in [6.45, 7) is 7.56. The molecule has 1 aliphatic heterocycles. The van der Waals surface area contributed by atoms with E-state index in [4.69, 9.17) is 21.3 Å². The molecule has 0 spiro atoms. The van der Waals surface area contributed by atoms with E-state index in [9.17, 15) is 9.59 Å². The van der Waals surface area contributed by atoms with Crippen molar-refractivity contribution in [1.29, 1.82) is 0 Å². The van der Waals surface area contributed by atoms with E-state index >= 15 is 0 Å². The summed E-state index contributed by atoms with van der Waals surface area (Å²) in [4.78, 5) is 33.1. The molecule has 0 saturated carbocycles. The molecule has 1 aliphatic rings. The average molecular weight is 548 g/mol. The van der Waals surface area contributed by atoms with Gasteiger partial charge in [0.25, 0.3) is 11.5 Å². The van der Waals surface area contributed by atoms with Crippen LogP contribution in [0.4, 0.5) is 0 Å². The molecule has 2 aromatic carbocycles. The fraction of sp³-hybridized carbons (Fsp3) is 0.367. The fourth-order valence-electron chi connectivity index (χ4n) is 4.88. The van der Waals surface area contributed by atoms with Crippen LogP contribution in [0.3, 0.4) is 0 Å². The number of aromatic nitrogens is 3. The number of rotatable bonds is 10. The van der Waals surface area contributed by atoms with Gasteiger partial charge in [-0.25, -0.2) is 4.98 Å². The highest BCUT2D eigenvalue weighted by molar-refractivity contribution is 6.30. The van der Waals surface area contributed by atoms with Crippen LogP contribution in [0, 0.1) is 0 Å². The summed E-state index contributed by atoms with van der Waals surface area (Å²) in [5.41, 5.74) is 3.71. The summed E-state index contributed by atoms with van der Waals surface area (Å²) in [5, 5.41) is 3.66. The number of nitrogens with one attached hydrogen (secondary N) is 1. The topological polar surface area (TPSA) is 80.9 Å². The molecule has 4 aromatic rings. The maximum atomic E-state index is 13.2. The zero-order valence-corrected chi connectivity index (χ0v) is 23.0. The van der Waals surface area contributed by atoms with Gasteiger partial charge in [0.05, 0.1) is 24.6 Å². The second-order valence-electron chi connectivity index (χ2n) is 9.82. The van der Waals surface area contributed by atoms with Crippen molar-refractivity contribution >= 4 is 23.3 Å². The molecule has 1 amide bonds. The Morgan fingerprint density at radius 3 is 2.44 bits per heavy atom. The van der Waals surface area contributed by atoms with Gasteiger partial charge in [-0.1, -0.05) is 55.6 Å². The van der Waals surface area contributed by atoms with Gasteiger partial charge in [-0.05, 0) is 36.2 Å². The number of hydrogen-bond acceptors (Lipinski definition) is 5. The number of ether oxygens (including phenoxy) is 1. The second-order valence-corrected chi connectivity index (χ2v) is 10.3. The van der Waals surface area contributed by atoms with Gasteiger partial charge in [-0.2, -0.15) is 0 Å². The first-order valence-electron chi connectivity index (χ1n) is 13.6. The third-order valence-corrected chi connectivity index (χ3v) is 7.35. The maximum absolute atomic E-state index is 13.2. The van der Waals surface area contributed by atoms with Crippen LogP contribution in [0.25, 0.3) is 28.3 Å². The second kappa shape index (κ2) is 12.6. The summed E-state index contributed by atoms with van der Waals surface area (Å²) in [5.74, 6) is 0.495. The Balaban J connectivity index is 1.40. The summed E-state index contributed by atoms with van der Waals surface area (Å²) in [6, 6.07) is 16.5. The molecule has 5 rings (SSSR count). The third-order valence-electron chi connectivity index (χ3n) is 7.10. The molecular weight excluding hydrogens is 514 g/mol. The van der Waals surface area contributed by atoms with Crippen molar-refractivity contribution < 1.29 is 9.53 Å². The van der Waals surface area contributed by atoms with Crippen LogP contribution < -0.4 is 10.9 Å². The summed E-state index contributed by atoms with van der Waals surface area (Å²) in [7, 11) is 0. The van der Waals surface area contributed by atoms with Gasteiger partial charge in [0.15, 0.2) is 0 Å². The highest BCUT2D eigenvalue weighted by Gasteiger charge is 2.16. The van der Waals surface area contributed by atoms with Gasteiger partial charge < -0.3 is 14.6 Å². The predicted octanol–water partition coefficient (Wildman–Crippen LogP) is 4.74. The molecule has 0 unspecified atom stereocenters. The number of hydrogen-bond donors (Lipinski definition) is 1. The van der Waals surface area contributed by atoms with Gasteiger partial charge in [-0.3, -0.25) is 18.9 Å². The lowest BCUT2D eigenvalue weighted by molar-refractivity contribution is 0.0383. The lowest BCUT2D eigenvalue weighted by Gasteiger charge is -2.26. The first-order chi connectivity index (χ1) is 19.0. The van der Waals surface area contributed by atoms with Crippen LogP contribution >= 0.6 is 11.6 Å². The molecule has 0 bridgehead atoms. The fourth-order valence-corrected chi connectivity index (χ4v) is 5.01. The Morgan fingerprint density at radius 1 is 1.00 bits per heavy atom. The van der Waals surface area contributed by atoms with Crippen molar-refractivity contribution in [1.82, 2.24) is 24.2 Å². The molecule has 8 nitrogen and oxygen atoms in total. The van der Waals surface area contributed by atoms with Crippen LogP contribution in [0.2, 0.25) is 5.02 Å². The van der Waals surface area contributed by atoms with Gasteiger partial charge in [0.2, 0.25) is 5.78 Å². The maximum Gasteiger partial charge on any atom is 0.259 e. The lowest BCUT2D eigenvalue weighted by Crippen LogP contribution is -2.41. The standard InChI is InChI=1S/C30H34ClN5O3/c1-2-3-4-14-35-27(20-28(37)36-21-26(33-30(35)36)22-9-11-25(31)12-10-22)23-5-7-24(8-6-23)29(38)32-13-15-34-16-18-39-19-17-34/h5-12,20-21H,2-4,13-19H2,1H3,(H,32,38). The smallest absolute Gasteiger partial charge is 0.259 e. The Hall–Kier alpha value is -3.46. The van der Waals surface area contributed by atoms with Crippen LogP contribution in [0.15, 0.2) is 65.6 Å². The van der Waals surface area contributed by atoms with Crippen molar-refractivity contribution in [2.75, 3.05) is 39.4 Å². The first-order valence-corrected chi connectivity index (χ1v) is 14.0. The zero-order chi connectivity index (χ0) is 27.2. The predicted molar refractivity (Wildman–Crippen MR) is 154 cm³/mol. The molecular formula is C30H34ClN5O3. The molecule has 3 heterocycles. The molecule has 1 saturated heterocycles. The van der Waals surface area contributed by atoms with Gasteiger partial charge in [0, 0.05) is 61.1 Å². The molecule has 39 heavy (non-hydrogen) atoms. The SMILES string of the molecule is CCCCCn1c(-c2ccc(C(=O)NCCN3CCOCC3)cc2)cc(=O)n2cc(-c3ccc(Cl)cc3)nc12. The largest absolute Gasteiger partial charge is 0.379 e. The number of fused-ring (bicyclic) bond motifs is 1. The summed E-state index contributed by atoms with van der Waals surface area (Å²) >= 11 is 6.06. The number of imidazole rings is 1. The average Bonchev–Trinajstić information content (AvgIpc) is 3.41. The molecule has 9 heteroatoms. The quantitative estimate of drug-likeness (QED) is 0.290. The minimum Gasteiger partial charge on any atom is -0.379 e. The number of halogens is 1. The van der Waals surface area contributed by atoms with Crippen LogP contribution in [-0.4, -0.2) is 64.2 Å². The Labute approximate surface area is 233 Å². The lowest BCUT2D eigenvalue weighted by atomic mass is 10.1. The van der Waals surface area contributed by atoms with Crippen molar-refractivity contribution in [2.24, 2.45) is 0 Å². The van der Waals surface area contributed by atoms with E-state index < -0.39 is 0 Å². The van der Waals surface area contributed by atoms with Crippen LogP contribution in [0.5, 0.6) is 0 Å². The molecule has 1 N–H and O–H groups in total. The summed E-state index contributed by atoms with van der Waals surface area (Å²) in [6.07, 6.45) is 4.91. The highest BCUT2D eigenvalue weighted by atomic mass is 35.5. The highest BCUT2D eigenvalue weighted by Crippen LogP contribution is 2.25. The van der Waals surface area contributed by atoms with Crippen LogP contribution in [0.1, 0.15) is 36.5 Å². The molecule has 0 aliphatic carbocycles. The van der Waals surface area contributed by atoms with Gasteiger partial charge >= 0.3 is 0 Å². The van der Waals surface area contributed by atoms with E-state index in [1.165, 1.54) is 0 Å². The first kappa shape index (κ1) is 27.1. The number of amides is 1. The van der Waals surface area contributed by atoms with E-state index in [0.29, 0.717) is 28.6 Å². The van der Waals surface area contributed by atoms with Crippen molar-refractivity contribution in [3.63, 3.8) is 0 Å². The van der Waals surface area contributed by atoms with Crippen molar-refractivity contribution in [2.45, 2.75) is 32.7 Å². The molecule has 0 atom stereocenters.